The maximum absolute atomic E-state index is 11.6. The molecule has 0 N–H and O–H groups in total. The van der Waals surface area contributed by atoms with Crippen molar-refractivity contribution in [2.75, 3.05) is 6.26 Å². The number of imidazole rings is 1. The fraction of sp³-hybridized carbons (Fsp3) is 0.133. The zero-order chi connectivity index (χ0) is 14.3. The summed E-state index contributed by atoms with van der Waals surface area (Å²) in [7, 11) is -1.31. The lowest BCUT2D eigenvalue weighted by Gasteiger charge is -2.02. The van der Waals surface area contributed by atoms with Crippen molar-refractivity contribution in [3.05, 3.63) is 48.5 Å². The summed E-state index contributed by atoms with van der Waals surface area (Å²) in [6, 6.07) is 14.8. The Morgan fingerprint density at radius 2 is 1.75 bits per heavy atom. The summed E-state index contributed by atoms with van der Waals surface area (Å²) in [5.74, 6) is 0.825. The number of hydrogen-bond acceptors (Lipinski definition) is 3. The van der Waals surface area contributed by atoms with E-state index in [-0.39, 0.29) is 0 Å². The summed E-state index contributed by atoms with van der Waals surface area (Å²) < 4.78 is 25.2. The van der Waals surface area contributed by atoms with E-state index in [0.29, 0.717) is 4.90 Å². The van der Waals surface area contributed by atoms with Gasteiger partial charge in [0.25, 0.3) is 0 Å². The average molecular weight is 286 g/mol. The van der Waals surface area contributed by atoms with Crippen LogP contribution in [0.2, 0.25) is 0 Å². The molecule has 4 nitrogen and oxygen atoms in total. The molecule has 0 bridgehead atoms. The Kier molecular flexibility index (Phi) is 2.87. The van der Waals surface area contributed by atoms with Crippen molar-refractivity contribution in [3.63, 3.8) is 0 Å². The third kappa shape index (κ3) is 2.10. The SMILES string of the molecule is Cn1c(-c2ccccc2)nc2ccc(S(C)(=O)=O)cc21. The van der Waals surface area contributed by atoms with Gasteiger partial charge in [0.2, 0.25) is 0 Å². The number of aromatic nitrogens is 2. The van der Waals surface area contributed by atoms with Crippen molar-refractivity contribution in [1.82, 2.24) is 9.55 Å². The van der Waals surface area contributed by atoms with Gasteiger partial charge in [0.1, 0.15) is 5.82 Å². The molecule has 1 aromatic heterocycles. The third-order valence-electron chi connectivity index (χ3n) is 3.31. The second kappa shape index (κ2) is 4.45. The number of nitrogens with zero attached hydrogens (tertiary/aromatic N) is 2. The Bertz CT molecular complexity index is 881. The quantitative estimate of drug-likeness (QED) is 0.727. The van der Waals surface area contributed by atoms with E-state index < -0.39 is 9.84 Å². The predicted octanol–water partition coefficient (Wildman–Crippen LogP) is 2.64. The third-order valence-corrected chi connectivity index (χ3v) is 4.42. The van der Waals surface area contributed by atoms with E-state index in [9.17, 15) is 8.42 Å². The van der Waals surface area contributed by atoms with Crippen molar-refractivity contribution < 1.29 is 8.42 Å². The van der Waals surface area contributed by atoms with Gasteiger partial charge in [0, 0.05) is 18.9 Å². The highest BCUT2D eigenvalue weighted by atomic mass is 32.2. The molecule has 0 aliphatic heterocycles. The van der Waals surface area contributed by atoms with E-state index >= 15 is 0 Å². The molecule has 20 heavy (non-hydrogen) atoms. The zero-order valence-corrected chi connectivity index (χ0v) is 12.1. The van der Waals surface area contributed by atoms with Gasteiger partial charge < -0.3 is 4.57 Å². The molecular formula is C15H14N2O2S. The Morgan fingerprint density at radius 1 is 1.05 bits per heavy atom. The monoisotopic (exact) mass is 286 g/mol. The van der Waals surface area contributed by atoms with E-state index in [1.54, 1.807) is 18.2 Å². The Balaban J connectivity index is 2.26. The highest BCUT2D eigenvalue weighted by Crippen LogP contribution is 2.25. The number of aryl methyl sites for hydroxylation is 1. The van der Waals surface area contributed by atoms with E-state index in [1.165, 1.54) is 6.26 Å². The summed E-state index contributed by atoms with van der Waals surface area (Å²) in [6.07, 6.45) is 1.21. The Labute approximate surface area is 117 Å². The van der Waals surface area contributed by atoms with E-state index in [4.69, 9.17) is 0 Å². The van der Waals surface area contributed by atoms with Gasteiger partial charge in [-0.2, -0.15) is 0 Å². The summed E-state index contributed by atoms with van der Waals surface area (Å²) in [5, 5.41) is 0. The second-order valence-corrected chi connectivity index (χ2v) is 6.80. The van der Waals surface area contributed by atoms with Gasteiger partial charge in [-0.3, -0.25) is 0 Å². The molecule has 0 radical (unpaired) electrons. The topological polar surface area (TPSA) is 52.0 Å². The molecule has 0 atom stereocenters. The molecule has 0 fully saturated rings. The van der Waals surface area contributed by atoms with Crippen LogP contribution in [0.3, 0.4) is 0 Å². The first-order valence-corrected chi connectivity index (χ1v) is 8.08. The van der Waals surface area contributed by atoms with Gasteiger partial charge >= 0.3 is 0 Å². The molecule has 0 spiro atoms. The minimum Gasteiger partial charge on any atom is -0.327 e. The van der Waals surface area contributed by atoms with Crippen LogP contribution in [0, 0.1) is 0 Å². The molecule has 0 saturated carbocycles. The van der Waals surface area contributed by atoms with Crippen molar-refractivity contribution in [2.45, 2.75) is 4.90 Å². The van der Waals surface area contributed by atoms with Crippen molar-refractivity contribution >= 4 is 20.9 Å². The predicted molar refractivity (Wildman–Crippen MR) is 79.3 cm³/mol. The minimum atomic E-state index is -3.21. The number of benzene rings is 2. The second-order valence-electron chi connectivity index (χ2n) is 4.78. The Morgan fingerprint density at radius 3 is 2.40 bits per heavy atom. The molecule has 0 aliphatic rings. The fourth-order valence-corrected chi connectivity index (χ4v) is 2.89. The van der Waals surface area contributed by atoms with Crippen LogP contribution < -0.4 is 0 Å². The lowest BCUT2D eigenvalue weighted by Crippen LogP contribution is -1.97. The summed E-state index contributed by atoms with van der Waals surface area (Å²) in [4.78, 5) is 4.89. The van der Waals surface area contributed by atoms with Gasteiger partial charge in [-0.25, -0.2) is 13.4 Å². The van der Waals surface area contributed by atoms with Crippen molar-refractivity contribution in [1.29, 1.82) is 0 Å². The molecule has 3 rings (SSSR count). The molecule has 1 heterocycles. The fourth-order valence-electron chi connectivity index (χ4n) is 2.25. The van der Waals surface area contributed by atoms with E-state index in [1.807, 2.05) is 41.9 Å². The standard InChI is InChI=1S/C15H14N2O2S/c1-17-14-10-12(20(2,18)19)8-9-13(14)16-15(17)11-6-4-3-5-7-11/h3-10H,1-2H3. The van der Waals surface area contributed by atoms with Crippen LogP contribution in [-0.2, 0) is 16.9 Å². The highest BCUT2D eigenvalue weighted by molar-refractivity contribution is 7.90. The zero-order valence-electron chi connectivity index (χ0n) is 11.2. The van der Waals surface area contributed by atoms with Crippen LogP contribution in [0.5, 0.6) is 0 Å². The summed E-state index contributed by atoms with van der Waals surface area (Å²) in [5.41, 5.74) is 2.61. The molecule has 102 valence electrons. The lowest BCUT2D eigenvalue weighted by molar-refractivity contribution is 0.602. The van der Waals surface area contributed by atoms with E-state index in [2.05, 4.69) is 4.98 Å². The highest BCUT2D eigenvalue weighted by Gasteiger charge is 2.13. The van der Waals surface area contributed by atoms with Gasteiger partial charge in [-0.1, -0.05) is 30.3 Å². The van der Waals surface area contributed by atoms with Crippen LogP contribution in [0.15, 0.2) is 53.4 Å². The molecule has 0 unspecified atom stereocenters. The number of rotatable bonds is 2. The molecular weight excluding hydrogens is 272 g/mol. The van der Waals surface area contributed by atoms with Gasteiger partial charge in [0.15, 0.2) is 9.84 Å². The van der Waals surface area contributed by atoms with Crippen LogP contribution in [-0.4, -0.2) is 24.2 Å². The Hall–Kier alpha value is -2.14. The van der Waals surface area contributed by atoms with E-state index in [0.717, 1.165) is 22.4 Å². The first-order valence-electron chi connectivity index (χ1n) is 6.19. The van der Waals surface area contributed by atoms with Gasteiger partial charge in [0.05, 0.1) is 15.9 Å². The van der Waals surface area contributed by atoms with Crippen molar-refractivity contribution in [2.24, 2.45) is 7.05 Å². The molecule has 3 aromatic rings. The maximum atomic E-state index is 11.6. The molecule has 0 saturated heterocycles. The minimum absolute atomic E-state index is 0.313. The first-order chi connectivity index (χ1) is 9.47. The number of sulfone groups is 1. The normalized spacial score (nSPS) is 11.9. The largest absolute Gasteiger partial charge is 0.327 e. The summed E-state index contributed by atoms with van der Waals surface area (Å²) in [6.45, 7) is 0. The molecule has 0 aliphatic carbocycles. The lowest BCUT2D eigenvalue weighted by atomic mass is 10.2. The molecule has 2 aromatic carbocycles. The number of hydrogen-bond donors (Lipinski definition) is 0. The van der Waals surface area contributed by atoms with Crippen LogP contribution >= 0.6 is 0 Å². The smallest absolute Gasteiger partial charge is 0.175 e. The van der Waals surface area contributed by atoms with Crippen LogP contribution in [0.25, 0.3) is 22.4 Å². The van der Waals surface area contributed by atoms with Gasteiger partial charge in [-0.05, 0) is 18.2 Å². The number of fused-ring (bicyclic) bond motifs is 1. The molecule has 5 heteroatoms. The first kappa shape index (κ1) is 12.9. The van der Waals surface area contributed by atoms with Gasteiger partial charge in [-0.15, -0.1) is 0 Å². The molecule has 0 amide bonds. The van der Waals surface area contributed by atoms with Crippen LogP contribution in [0.4, 0.5) is 0 Å². The average Bonchev–Trinajstić information content (AvgIpc) is 2.76. The maximum Gasteiger partial charge on any atom is 0.175 e. The summed E-state index contributed by atoms with van der Waals surface area (Å²) >= 11 is 0. The van der Waals surface area contributed by atoms with Crippen LogP contribution in [0.1, 0.15) is 0 Å². The van der Waals surface area contributed by atoms with Crippen molar-refractivity contribution in [3.8, 4) is 11.4 Å².